The number of aryl methyl sites for hydroxylation is 1. The molecule has 0 aliphatic rings. The van der Waals surface area contributed by atoms with Gasteiger partial charge >= 0.3 is 5.69 Å². The van der Waals surface area contributed by atoms with E-state index in [0.29, 0.717) is 12.1 Å². The van der Waals surface area contributed by atoms with Crippen molar-refractivity contribution in [3.63, 3.8) is 0 Å². The molecule has 5 aromatic rings. The van der Waals surface area contributed by atoms with Crippen LogP contribution in [-0.4, -0.2) is 18.7 Å². The van der Waals surface area contributed by atoms with Gasteiger partial charge in [-0.05, 0) is 53.9 Å². The van der Waals surface area contributed by atoms with Crippen molar-refractivity contribution in [2.75, 3.05) is 0 Å². The number of hydrogen-bond donors (Lipinski definition) is 0. The van der Waals surface area contributed by atoms with E-state index in [1.165, 1.54) is 51.9 Å². The number of halogens is 2. The minimum Gasteiger partial charge on any atom is -0.320 e. The van der Waals surface area contributed by atoms with E-state index < -0.39 is 17.1 Å². The van der Waals surface area contributed by atoms with Crippen molar-refractivity contribution >= 4 is 11.2 Å². The summed E-state index contributed by atoms with van der Waals surface area (Å²) < 4.78 is 31.0. The Morgan fingerprint density at radius 2 is 1.41 bits per heavy atom. The molecule has 3 aromatic carbocycles. The van der Waals surface area contributed by atoms with Crippen molar-refractivity contribution in [1.82, 2.24) is 18.7 Å². The highest BCUT2D eigenvalue weighted by molar-refractivity contribution is 5.72. The van der Waals surface area contributed by atoms with Crippen molar-refractivity contribution in [1.29, 1.82) is 0 Å². The molecule has 5 rings (SSSR count). The third-order valence-corrected chi connectivity index (χ3v) is 5.72. The molecule has 2 aromatic heterocycles. The summed E-state index contributed by atoms with van der Waals surface area (Å²) in [7, 11) is 0. The number of imidazole rings is 1. The first-order valence-corrected chi connectivity index (χ1v) is 10.8. The van der Waals surface area contributed by atoms with Crippen LogP contribution in [0.4, 0.5) is 8.78 Å². The molecule has 0 N–H and O–H groups in total. The lowest BCUT2D eigenvalue weighted by molar-refractivity contribution is 0.612. The average Bonchev–Trinajstić information content (AvgIpc) is 3.25. The maximum Gasteiger partial charge on any atom is 0.337 e. The maximum absolute atomic E-state index is 13.6. The molecular weight excluding hydrogens is 438 g/mol. The molecule has 0 fully saturated rings. The van der Waals surface area contributed by atoms with Gasteiger partial charge in [-0.15, -0.1) is 0 Å². The summed E-state index contributed by atoms with van der Waals surface area (Å²) in [6.45, 7) is 0.437. The predicted molar refractivity (Wildman–Crippen MR) is 125 cm³/mol. The molecule has 170 valence electrons. The van der Waals surface area contributed by atoms with Crippen LogP contribution in [0.25, 0.3) is 16.9 Å². The van der Waals surface area contributed by atoms with Crippen LogP contribution in [0.1, 0.15) is 11.1 Å². The quantitative estimate of drug-likeness (QED) is 0.388. The fourth-order valence-corrected chi connectivity index (χ4v) is 3.99. The van der Waals surface area contributed by atoms with Gasteiger partial charge in [-0.2, -0.15) is 0 Å². The normalized spacial score (nSPS) is 11.2. The van der Waals surface area contributed by atoms with Crippen molar-refractivity contribution in [2.45, 2.75) is 19.5 Å². The van der Waals surface area contributed by atoms with Gasteiger partial charge in [0, 0.05) is 13.1 Å². The minimum atomic E-state index is -0.549. The monoisotopic (exact) mass is 458 g/mol. The minimum absolute atomic E-state index is 0.167. The standard InChI is InChI=1S/C26H20F2N4O2/c27-20-8-6-19(7-9-20)16-30-17-29-24-23(30)25(33)31(15-14-18-4-2-1-3-5-18)26(34)32(24)22-12-10-21(28)11-13-22/h1-13,17H,14-16H2. The van der Waals surface area contributed by atoms with Crippen molar-refractivity contribution < 1.29 is 8.78 Å². The summed E-state index contributed by atoms with van der Waals surface area (Å²) in [6.07, 6.45) is 1.97. The summed E-state index contributed by atoms with van der Waals surface area (Å²) in [4.78, 5) is 31.3. The van der Waals surface area contributed by atoms with E-state index in [-0.39, 0.29) is 30.1 Å². The Morgan fingerprint density at radius 3 is 2.09 bits per heavy atom. The molecular formula is C26H20F2N4O2. The lowest BCUT2D eigenvalue weighted by Crippen LogP contribution is -2.40. The number of nitrogens with zero attached hydrogens (tertiary/aromatic N) is 4. The van der Waals surface area contributed by atoms with E-state index in [0.717, 1.165) is 11.1 Å². The summed E-state index contributed by atoms with van der Waals surface area (Å²) in [6, 6.07) is 21.0. The topological polar surface area (TPSA) is 61.8 Å². The fraction of sp³-hybridized carbons (Fsp3) is 0.115. The summed E-state index contributed by atoms with van der Waals surface area (Å²) >= 11 is 0. The number of benzene rings is 3. The highest BCUT2D eigenvalue weighted by atomic mass is 19.1. The summed E-state index contributed by atoms with van der Waals surface area (Å²) in [5.74, 6) is -0.792. The molecule has 0 atom stereocenters. The molecule has 0 bridgehead atoms. The van der Waals surface area contributed by atoms with Gasteiger partial charge < -0.3 is 4.57 Å². The second-order valence-corrected chi connectivity index (χ2v) is 7.96. The van der Waals surface area contributed by atoms with Crippen LogP contribution in [0.15, 0.2) is 94.8 Å². The van der Waals surface area contributed by atoms with Crippen LogP contribution in [0.2, 0.25) is 0 Å². The average molecular weight is 458 g/mol. The second kappa shape index (κ2) is 8.90. The Morgan fingerprint density at radius 1 is 0.765 bits per heavy atom. The third kappa shape index (κ3) is 4.05. The number of hydrogen-bond acceptors (Lipinski definition) is 3. The van der Waals surface area contributed by atoms with Crippen LogP contribution >= 0.6 is 0 Å². The largest absolute Gasteiger partial charge is 0.337 e. The second-order valence-electron chi connectivity index (χ2n) is 7.96. The summed E-state index contributed by atoms with van der Waals surface area (Å²) in [5, 5.41) is 0. The smallest absolute Gasteiger partial charge is 0.320 e. The predicted octanol–water partition coefficient (Wildman–Crippen LogP) is 3.92. The SMILES string of the molecule is O=c1c2c(ncn2Cc2ccc(F)cc2)n(-c2ccc(F)cc2)c(=O)n1CCc1ccccc1. The molecule has 0 aliphatic heterocycles. The highest BCUT2D eigenvalue weighted by Gasteiger charge is 2.19. The first-order valence-electron chi connectivity index (χ1n) is 10.8. The van der Waals surface area contributed by atoms with Crippen molar-refractivity contribution in [2.24, 2.45) is 0 Å². The van der Waals surface area contributed by atoms with Crippen LogP contribution in [0.5, 0.6) is 0 Å². The van der Waals surface area contributed by atoms with Crippen molar-refractivity contribution in [3.8, 4) is 5.69 Å². The van der Waals surface area contributed by atoms with Crippen LogP contribution in [0, 0.1) is 11.6 Å². The Hall–Kier alpha value is -4.33. The van der Waals surface area contributed by atoms with Crippen LogP contribution in [0.3, 0.4) is 0 Å². The van der Waals surface area contributed by atoms with E-state index in [4.69, 9.17) is 0 Å². The van der Waals surface area contributed by atoms with E-state index in [1.807, 2.05) is 30.3 Å². The van der Waals surface area contributed by atoms with Gasteiger partial charge in [-0.1, -0.05) is 42.5 Å². The van der Waals surface area contributed by atoms with Gasteiger partial charge in [0.15, 0.2) is 11.2 Å². The Bertz CT molecular complexity index is 1570. The molecule has 0 amide bonds. The lowest BCUT2D eigenvalue weighted by Gasteiger charge is -2.13. The van der Waals surface area contributed by atoms with Gasteiger partial charge in [0.1, 0.15) is 11.6 Å². The zero-order chi connectivity index (χ0) is 23.7. The van der Waals surface area contributed by atoms with Gasteiger partial charge in [0.05, 0.1) is 12.0 Å². The van der Waals surface area contributed by atoms with E-state index in [9.17, 15) is 18.4 Å². The fourth-order valence-electron chi connectivity index (χ4n) is 3.99. The van der Waals surface area contributed by atoms with Gasteiger partial charge in [0.2, 0.25) is 0 Å². The molecule has 0 unspecified atom stereocenters. The Labute approximate surface area is 193 Å². The van der Waals surface area contributed by atoms with Crippen LogP contribution < -0.4 is 11.2 Å². The number of rotatable bonds is 6. The lowest BCUT2D eigenvalue weighted by atomic mass is 10.1. The van der Waals surface area contributed by atoms with Gasteiger partial charge in [0.25, 0.3) is 5.56 Å². The number of aromatic nitrogens is 4. The number of fused-ring (bicyclic) bond motifs is 1. The molecule has 34 heavy (non-hydrogen) atoms. The highest BCUT2D eigenvalue weighted by Crippen LogP contribution is 2.16. The van der Waals surface area contributed by atoms with Gasteiger partial charge in [-0.25, -0.2) is 23.1 Å². The van der Waals surface area contributed by atoms with Crippen LogP contribution in [-0.2, 0) is 19.5 Å². The third-order valence-electron chi connectivity index (χ3n) is 5.72. The van der Waals surface area contributed by atoms with E-state index >= 15 is 0 Å². The molecule has 0 aliphatic carbocycles. The molecule has 0 spiro atoms. The van der Waals surface area contributed by atoms with E-state index in [2.05, 4.69) is 4.98 Å². The molecule has 0 saturated heterocycles. The molecule has 0 radical (unpaired) electrons. The van der Waals surface area contributed by atoms with E-state index in [1.54, 1.807) is 16.7 Å². The molecule has 0 saturated carbocycles. The first-order chi connectivity index (χ1) is 16.5. The zero-order valence-electron chi connectivity index (χ0n) is 18.1. The molecule has 8 heteroatoms. The molecule has 2 heterocycles. The summed E-state index contributed by atoms with van der Waals surface area (Å²) in [5.41, 5.74) is 1.57. The maximum atomic E-state index is 13.6. The van der Waals surface area contributed by atoms with Crippen molar-refractivity contribution in [3.05, 3.63) is 129 Å². The Kier molecular flexibility index (Phi) is 5.63. The Balaban J connectivity index is 1.68. The van der Waals surface area contributed by atoms with Gasteiger partial charge in [-0.3, -0.25) is 9.36 Å². The molecule has 6 nitrogen and oxygen atoms in total. The zero-order valence-corrected chi connectivity index (χ0v) is 18.1. The first kappa shape index (κ1) is 21.5.